The summed E-state index contributed by atoms with van der Waals surface area (Å²) < 4.78 is 45.1. The number of likely N-dealkylation sites (tertiary alicyclic amines) is 1. The van der Waals surface area contributed by atoms with Crippen LogP contribution >= 0.6 is 0 Å². The van der Waals surface area contributed by atoms with Crippen molar-refractivity contribution in [3.63, 3.8) is 0 Å². The zero-order valence-electron chi connectivity index (χ0n) is 17.9. The average Bonchev–Trinajstić information content (AvgIpc) is 3.39. The number of carbonyl (C=O) groups is 1. The van der Waals surface area contributed by atoms with Gasteiger partial charge in [-0.1, -0.05) is 35.5 Å². The van der Waals surface area contributed by atoms with E-state index in [1.54, 1.807) is 11.1 Å². The maximum absolute atomic E-state index is 13.4. The number of nitrogens with one attached hydrogen (secondary N) is 1. The highest BCUT2D eigenvalue weighted by Crippen LogP contribution is 2.35. The van der Waals surface area contributed by atoms with Crippen LogP contribution < -0.4 is 5.32 Å². The van der Waals surface area contributed by atoms with Gasteiger partial charge in [0.05, 0.1) is 11.7 Å². The topological polar surface area (TPSA) is 84.2 Å². The zero-order valence-corrected chi connectivity index (χ0v) is 17.9. The van der Waals surface area contributed by atoms with Crippen molar-refractivity contribution in [3.05, 3.63) is 72.4 Å². The lowest BCUT2D eigenvalue weighted by atomic mass is 10.0. The summed E-state index contributed by atoms with van der Waals surface area (Å²) in [5, 5.41) is 7.43. The minimum absolute atomic E-state index is 0.000607. The number of hydrogen-bond donors (Lipinski definition) is 1. The maximum Gasteiger partial charge on any atom is 0.433 e. The fourth-order valence-corrected chi connectivity index (χ4v) is 4.12. The van der Waals surface area contributed by atoms with Crippen LogP contribution in [-0.2, 0) is 6.18 Å². The highest BCUT2D eigenvalue weighted by molar-refractivity contribution is 5.99. The first-order chi connectivity index (χ1) is 16.4. The molecule has 7 nitrogen and oxygen atoms in total. The Balaban J connectivity index is 1.41. The van der Waals surface area contributed by atoms with Gasteiger partial charge in [-0.25, -0.2) is 9.97 Å². The number of amides is 1. The minimum atomic E-state index is -4.55. The van der Waals surface area contributed by atoms with Gasteiger partial charge in [-0.05, 0) is 30.5 Å². The summed E-state index contributed by atoms with van der Waals surface area (Å²) in [5.41, 5.74) is 0.544. The Morgan fingerprint density at radius 2 is 1.82 bits per heavy atom. The van der Waals surface area contributed by atoms with Crippen molar-refractivity contribution in [2.24, 2.45) is 0 Å². The smallest absolute Gasteiger partial charge is 0.367 e. The third-order valence-corrected chi connectivity index (χ3v) is 5.88. The standard InChI is InChI=1S/C24H20F3N5O2/c25-24(26,27)20-7-6-17-21(31-20)18(15-4-2-1-3-5-15)14-28-22(17)30-16-9-12-32(13-10-16)23(33)19-8-11-29-34-19/h1-8,11,14,16H,9-10,12-13H2,(H,28,30). The van der Waals surface area contributed by atoms with E-state index in [-0.39, 0.29) is 23.2 Å². The predicted molar refractivity (Wildman–Crippen MR) is 119 cm³/mol. The molecule has 0 spiro atoms. The number of hydrogen-bond acceptors (Lipinski definition) is 6. The normalized spacial score (nSPS) is 15.0. The van der Waals surface area contributed by atoms with Crippen molar-refractivity contribution >= 4 is 22.6 Å². The van der Waals surface area contributed by atoms with Gasteiger partial charge in [-0.15, -0.1) is 0 Å². The van der Waals surface area contributed by atoms with Crippen LogP contribution in [0.1, 0.15) is 29.1 Å². The zero-order chi connectivity index (χ0) is 23.7. The number of anilines is 1. The summed E-state index contributed by atoms with van der Waals surface area (Å²) in [6.45, 7) is 1.02. The summed E-state index contributed by atoms with van der Waals surface area (Å²) >= 11 is 0. The van der Waals surface area contributed by atoms with Crippen molar-refractivity contribution in [3.8, 4) is 11.1 Å². The molecule has 3 aromatic heterocycles. The van der Waals surface area contributed by atoms with Crippen molar-refractivity contribution in [1.82, 2.24) is 20.0 Å². The monoisotopic (exact) mass is 467 g/mol. The lowest BCUT2D eigenvalue weighted by Gasteiger charge is -2.32. The first-order valence-electron chi connectivity index (χ1n) is 10.8. The average molecular weight is 467 g/mol. The number of pyridine rings is 2. The molecule has 1 aliphatic heterocycles. The largest absolute Gasteiger partial charge is 0.433 e. The molecule has 4 aromatic rings. The quantitative estimate of drug-likeness (QED) is 0.454. The molecule has 0 aliphatic carbocycles. The van der Waals surface area contributed by atoms with Crippen LogP contribution in [0.2, 0.25) is 0 Å². The van der Waals surface area contributed by atoms with E-state index in [4.69, 9.17) is 4.52 Å². The molecule has 34 heavy (non-hydrogen) atoms. The third-order valence-electron chi connectivity index (χ3n) is 5.88. The first-order valence-corrected chi connectivity index (χ1v) is 10.8. The van der Waals surface area contributed by atoms with Crippen molar-refractivity contribution in [2.75, 3.05) is 18.4 Å². The van der Waals surface area contributed by atoms with Crippen LogP contribution in [0.3, 0.4) is 0 Å². The van der Waals surface area contributed by atoms with Crippen molar-refractivity contribution in [2.45, 2.75) is 25.1 Å². The molecule has 1 aromatic carbocycles. The molecule has 0 bridgehead atoms. The summed E-state index contributed by atoms with van der Waals surface area (Å²) in [4.78, 5) is 22.6. The van der Waals surface area contributed by atoms with Crippen LogP contribution in [0.4, 0.5) is 19.0 Å². The lowest BCUT2D eigenvalue weighted by molar-refractivity contribution is -0.140. The van der Waals surface area contributed by atoms with Crippen LogP contribution in [0.25, 0.3) is 22.0 Å². The highest BCUT2D eigenvalue weighted by atomic mass is 19.4. The molecule has 0 radical (unpaired) electrons. The summed E-state index contributed by atoms with van der Waals surface area (Å²) in [7, 11) is 0. The van der Waals surface area contributed by atoms with Gasteiger partial charge < -0.3 is 14.7 Å². The van der Waals surface area contributed by atoms with E-state index in [2.05, 4.69) is 20.4 Å². The van der Waals surface area contributed by atoms with E-state index in [1.165, 1.54) is 18.3 Å². The fraction of sp³-hybridized carbons (Fsp3) is 0.250. The van der Waals surface area contributed by atoms with Gasteiger partial charge in [0.2, 0.25) is 5.76 Å². The molecule has 4 heterocycles. The van der Waals surface area contributed by atoms with E-state index < -0.39 is 11.9 Å². The van der Waals surface area contributed by atoms with Gasteiger partial charge in [0, 0.05) is 42.3 Å². The molecule has 1 N–H and O–H groups in total. The van der Waals surface area contributed by atoms with Crippen molar-refractivity contribution < 1.29 is 22.5 Å². The second kappa shape index (κ2) is 8.77. The SMILES string of the molecule is O=C(c1ccno1)N1CCC(Nc2ncc(-c3ccccc3)c3nc(C(F)(F)F)ccc23)CC1. The van der Waals surface area contributed by atoms with Crippen LogP contribution in [0.5, 0.6) is 0 Å². The number of alkyl halides is 3. The molecule has 1 aliphatic rings. The van der Waals surface area contributed by atoms with Gasteiger partial charge in [-0.3, -0.25) is 4.79 Å². The Kier molecular flexibility index (Phi) is 5.64. The predicted octanol–water partition coefficient (Wildman–Crippen LogP) is 5.02. The number of aromatic nitrogens is 3. The van der Waals surface area contributed by atoms with Crippen LogP contribution in [0.15, 0.2) is 65.4 Å². The molecule has 1 saturated heterocycles. The molecule has 0 atom stereocenters. The molecular formula is C24H20F3N5O2. The van der Waals surface area contributed by atoms with E-state index in [0.29, 0.717) is 42.7 Å². The van der Waals surface area contributed by atoms with Crippen molar-refractivity contribution in [1.29, 1.82) is 0 Å². The number of rotatable bonds is 4. The number of piperidine rings is 1. The number of benzene rings is 1. The maximum atomic E-state index is 13.4. The summed E-state index contributed by atoms with van der Waals surface area (Å²) in [6.07, 6.45) is -0.275. The van der Waals surface area contributed by atoms with E-state index in [0.717, 1.165) is 11.6 Å². The van der Waals surface area contributed by atoms with E-state index >= 15 is 0 Å². The molecule has 5 rings (SSSR count). The number of nitrogens with zero attached hydrogens (tertiary/aromatic N) is 4. The minimum Gasteiger partial charge on any atom is -0.367 e. The molecule has 1 fully saturated rings. The second-order valence-electron chi connectivity index (χ2n) is 8.06. The Morgan fingerprint density at radius 3 is 2.50 bits per heavy atom. The Labute approximate surface area is 192 Å². The Bertz CT molecular complexity index is 1300. The highest BCUT2D eigenvalue weighted by Gasteiger charge is 2.33. The Hall–Kier alpha value is -3.95. The van der Waals surface area contributed by atoms with E-state index in [9.17, 15) is 18.0 Å². The van der Waals surface area contributed by atoms with Crippen LogP contribution in [0, 0.1) is 0 Å². The molecular weight excluding hydrogens is 447 g/mol. The first kappa shape index (κ1) is 21.9. The molecule has 10 heteroatoms. The van der Waals surface area contributed by atoms with Gasteiger partial charge in [-0.2, -0.15) is 13.2 Å². The molecule has 0 unspecified atom stereocenters. The van der Waals surface area contributed by atoms with Gasteiger partial charge in [0.25, 0.3) is 5.91 Å². The molecule has 0 saturated carbocycles. The second-order valence-corrected chi connectivity index (χ2v) is 8.06. The number of halogens is 3. The van der Waals surface area contributed by atoms with Gasteiger partial charge in [0.1, 0.15) is 11.5 Å². The fourth-order valence-electron chi connectivity index (χ4n) is 4.12. The van der Waals surface area contributed by atoms with Gasteiger partial charge >= 0.3 is 6.18 Å². The lowest BCUT2D eigenvalue weighted by Crippen LogP contribution is -2.42. The summed E-state index contributed by atoms with van der Waals surface area (Å²) in [6, 6.07) is 13.0. The molecule has 1 amide bonds. The Morgan fingerprint density at radius 1 is 1.06 bits per heavy atom. The summed E-state index contributed by atoms with van der Waals surface area (Å²) in [5.74, 6) is 0.452. The molecule has 174 valence electrons. The number of fused-ring (bicyclic) bond motifs is 1. The van der Waals surface area contributed by atoms with E-state index in [1.807, 2.05) is 30.3 Å². The van der Waals surface area contributed by atoms with Gasteiger partial charge in [0.15, 0.2) is 0 Å². The van der Waals surface area contributed by atoms with Crippen LogP contribution in [-0.4, -0.2) is 45.1 Å². The third kappa shape index (κ3) is 4.30. The number of carbonyl (C=O) groups excluding carboxylic acids is 1.